The lowest BCUT2D eigenvalue weighted by molar-refractivity contribution is -0.282. The molecule has 3 nitrogen and oxygen atoms in total. The van der Waals surface area contributed by atoms with Gasteiger partial charge < -0.3 is 4.57 Å². The van der Waals surface area contributed by atoms with Crippen LogP contribution in [0.15, 0.2) is 30.5 Å². The van der Waals surface area contributed by atoms with Crippen molar-refractivity contribution in [3.05, 3.63) is 36.0 Å². The fourth-order valence-electron chi connectivity index (χ4n) is 1.52. The molecule has 74 valence electrons. The number of hydrogen-bond donors (Lipinski definition) is 0. The maximum Gasteiger partial charge on any atom is 0.107 e. The fourth-order valence-corrected chi connectivity index (χ4v) is 1.52. The Hall–Kier alpha value is -1.32. The molecule has 0 amide bonds. The summed E-state index contributed by atoms with van der Waals surface area (Å²) in [6, 6.07) is 8.33. The molecule has 14 heavy (non-hydrogen) atoms. The van der Waals surface area contributed by atoms with Crippen LogP contribution in [0.3, 0.4) is 0 Å². The average molecular weight is 191 g/mol. The summed E-state index contributed by atoms with van der Waals surface area (Å²) in [5.41, 5.74) is 2.32. The first-order valence-electron chi connectivity index (χ1n) is 4.51. The average Bonchev–Trinajstić information content (AvgIpc) is 2.57. The highest BCUT2D eigenvalue weighted by molar-refractivity contribution is 5.80. The summed E-state index contributed by atoms with van der Waals surface area (Å²) in [5, 5.41) is 1.24. The zero-order valence-electron chi connectivity index (χ0n) is 8.36. The predicted octanol–water partition coefficient (Wildman–Crippen LogP) is 2.26. The van der Waals surface area contributed by atoms with Gasteiger partial charge in [-0.3, -0.25) is 0 Å². The topological polar surface area (TPSA) is 23.4 Å². The summed E-state index contributed by atoms with van der Waals surface area (Å²) in [5.74, 6) is 0. The van der Waals surface area contributed by atoms with E-state index < -0.39 is 0 Å². The summed E-state index contributed by atoms with van der Waals surface area (Å²) in [6.07, 6.45) is 2.05. The summed E-state index contributed by atoms with van der Waals surface area (Å²) < 4.78 is 2.09. The minimum atomic E-state index is 0.484. The van der Waals surface area contributed by atoms with Crippen LogP contribution in [0, 0.1) is 0 Å². The van der Waals surface area contributed by atoms with Crippen LogP contribution in [0.4, 0.5) is 0 Å². The van der Waals surface area contributed by atoms with E-state index in [4.69, 9.17) is 4.89 Å². The van der Waals surface area contributed by atoms with Crippen LogP contribution >= 0.6 is 0 Å². The van der Waals surface area contributed by atoms with Crippen molar-refractivity contribution in [2.45, 2.75) is 6.61 Å². The van der Waals surface area contributed by atoms with E-state index in [1.807, 2.05) is 19.3 Å². The van der Waals surface area contributed by atoms with E-state index in [9.17, 15) is 0 Å². The van der Waals surface area contributed by atoms with Gasteiger partial charge in [0.2, 0.25) is 0 Å². The van der Waals surface area contributed by atoms with Gasteiger partial charge in [-0.1, -0.05) is 12.1 Å². The van der Waals surface area contributed by atoms with Gasteiger partial charge in [0.25, 0.3) is 0 Å². The van der Waals surface area contributed by atoms with E-state index >= 15 is 0 Å². The molecule has 0 aliphatic rings. The molecular formula is C11H13NO2. The van der Waals surface area contributed by atoms with Gasteiger partial charge in [0.1, 0.15) is 6.61 Å². The van der Waals surface area contributed by atoms with E-state index in [0.29, 0.717) is 6.61 Å². The molecule has 0 bridgehead atoms. The number of benzene rings is 1. The third kappa shape index (κ3) is 1.64. The van der Waals surface area contributed by atoms with Crippen molar-refractivity contribution in [1.29, 1.82) is 0 Å². The van der Waals surface area contributed by atoms with E-state index in [2.05, 4.69) is 27.7 Å². The highest BCUT2D eigenvalue weighted by Gasteiger charge is 1.99. The standard InChI is InChI=1S/C11H13NO2/c1-12-6-5-10-4-3-9(7-11(10)12)8-14-13-2/h3-7H,8H2,1-2H3. The second-order valence-electron chi connectivity index (χ2n) is 3.25. The first-order chi connectivity index (χ1) is 6.81. The Bertz CT molecular complexity index is 434. The Kier molecular flexibility index (Phi) is 2.52. The minimum Gasteiger partial charge on any atom is -0.351 e. The Morgan fingerprint density at radius 3 is 2.93 bits per heavy atom. The van der Waals surface area contributed by atoms with Crippen LogP contribution in [-0.2, 0) is 23.4 Å². The molecule has 0 saturated heterocycles. The number of nitrogens with zero attached hydrogens (tertiary/aromatic N) is 1. The van der Waals surface area contributed by atoms with Crippen LogP contribution in [0.5, 0.6) is 0 Å². The van der Waals surface area contributed by atoms with Crippen LogP contribution < -0.4 is 0 Å². The smallest absolute Gasteiger partial charge is 0.107 e. The van der Waals surface area contributed by atoms with Crippen molar-refractivity contribution in [2.75, 3.05) is 7.11 Å². The lowest BCUT2D eigenvalue weighted by Crippen LogP contribution is -1.92. The maximum atomic E-state index is 4.88. The molecule has 0 aliphatic carbocycles. The van der Waals surface area contributed by atoms with Gasteiger partial charge in [-0.05, 0) is 23.1 Å². The van der Waals surface area contributed by atoms with Gasteiger partial charge in [-0.25, -0.2) is 9.78 Å². The molecular weight excluding hydrogens is 178 g/mol. The number of aromatic nitrogens is 1. The van der Waals surface area contributed by atoms with E-state index in [-0.39, 0.29) is 0 Å². The second-order valence-corrected chi connectivity index (χ2v) is 3.25. The second kappa shape index (κ2) is 3.82. The minimum absolute atomic E-state index is 0.484. The molecule has 0 aliphatic heterocycles. The van der Waals surface area contributed by atoms with Crippen molar-refractivity contribution in [2.24, 2.45) is 7.05 Å². The largest absolute Gasteiger partial charge is 0.351 e. The third-order valence-electron chi connectivity index (χ3n) is 2.30. The first kappa shape index (κ1) is 9.24. The molecule has 1 aromatic heterocycles. The summed E-state index contributed by atoms with van der Waals surface area (Å²) in [4.78, 5) is 9.44. The number of aryl methyl sites for hydroxylation is 1. The van der Waals surface area contributed by atoms with Gasteiger partial charge in [-0.2, -0.15) is 0 Å². The lowest BCUT2D eigenvalue weighted by Gasteiger charge is -2.02. The first-order valence-corrected chi connectivity index (χ1v) is 4.51. The fraction of sp³-hybridized carbons (Fsp3) is 0.273. The van der Waals surface area contributed by atoms with E-state index in [0.717, 1.165) is 5.56 Å². The molecule has 1 aromatic carbocycles. The highest BCUT2D eigenvalue weighted by atomic mass is 17.2. The van der Waals surface area contributed by atoms with E-state index in [1.165, 1.54) is 18.0 Å². The van der Waals surface area contributed by atoms with Crippen LogP contribution in [0.25, 0.3) is 10.9 Å². The Morgan fingerprint density at radius 1 is 1.29 bits per heavy atom. The van der Waals surface area contributed by atoms with Crippen molar-refractivity contribution >= 4 is 10.9 Å². The van der Waals surface area contributed by atoms with Crippen LogP contribution in [0.2, 0.25) is 0 Å². The Morgan fingerprint density at radius 2 is 2.14 bits per heavy atom. The highest BCUT2D eigenvalue weighted by Crippen LogP contribution is 2.16. The number of hydrogen-bond acceptors (Lipinski definition) is 2. The molecule has 0 radical (unpaired) electrons. The van der Waals surface area contributed by atoms with Crippen molar-refractivity contribution < 1.29 is 9.78 Å². The SMILES string of the molecule is COOCc1ccc2ccn(C)c2c1. The Labute approximate surface area is 82.8 Å². The van der Waals surface area contributed by atoms with Gasteiger partial charge in [0, 0.05) is 18.8 Å². The molecule has 0 saturated carbocycles. The number of rotatable bonds is 3. The summed E-state index contributed by atoms with van der Waals surface area (Å²) >= 11 is 0. The van der Waals surface area contributed by atoms with Crippen molar-refractivity contribution in [1.82, 2.24) is 4.57 Å². The monoisotopic (exact) mass is 191 g/mol. The maximum absolute atomic E-state index is 4.88. The van der Waals surface area contributed by atoms with Gasteiger partial charge >= 0.3 is 0 Å². The number of fused-ring (bicyclic) bond motifs is 1. The lowest BCUT2D eigenvalue weighted by atomic mass is 10.2. The molecule has 0 N–H and O–H groups in total. The van der Waals surface area contributed by atoms with Gasteiger partial charge in [0.15, 0.2) is 0 Å². The summed E-state index contributed by atoms with van der Waals surface area (Å²) in [7, 11) is 3.55. The van der Waals surface area contributed by atoms with E-state index in [1.54, 1.807) is 0 Å². The molecule has 1 heterocycles. The molecule has 0 spiro atoms. The zero-order chi connectivity index (χ0) is 9.97. The van der Waals surface area contributed by atoms with Gasteiger partial charge in [0.05, 0.1) is 7.11 Å². The van der Waals surface area contributed by atoms with Crippen LogP contribution in [-0.4, -0.2) is 11.7 Å². The summed E-state index contributed by atoms with van der Waals surface area (Å²) in [6.45, 7) is 0.484. The molecule has 0 fully saturated rings. The normalized spacial score (nSPS) is 11.0. The van der Waals surface area contributed by atoms with Crippen molar-refractivity contribution in [3.8, 4) is 0 Å². The molecule has 2 aromatic rings. The zero-order valence-corrected chi connectivity index (χ0v) is 8.36. The molecule has 0 unspecified atom stereocenters. The quantitative estimate of drug-likeness (QED) is 0.548. The Balaban J connectivity index is 2.34. The molecule has 3 heteroatoms. The predicted molar refractivity (Wildman–Crippen MR) is 54.7 cm³/mol. The van der Waals surface area contributed by atoms with Gasteiger partial charge in [-0.15, -0.1) is 0 Å². The third-order valence-corrected chi connectivity index (χ3v) is 2.30. The van der Waals surface area contributed by atoms with Crippen molar-refractivity contribution in [3.63, 3.8) is 0 Å². The molecule has 0 atom stereocenters. The molecule has 2 rings (SSSR count). The van der Waals surface area contributed by atoms with Crippen LogP contribution in [0.1, 0.15) is 5.56 Å².